The fourth-order valence-electron chi connectivity index (χ4n) is 2.22. The van der Waals surface area contributed by atoms with Gasteiger partial charge in [-0.3, -0.25) is 0 Å². The quantitative estimate of drug-likeness (QED) is 0.767. The number of nitrogens with one attached hydrogen (secondary N) is 1. The molecule has 0 bridgehead atoms. The van der Waals surface area contributed by atoms with Crippen molar-refractivity contribution < 1.29 is 9.47 Å². The van der Waals surface area contributed by atoms with Crippen molar-refractivity contribution >= 4 is 21.9 Å². The number of halogens is 1. The standard InChI is InChI=1S/C13H21BrN4O2/c1-19-12-11(14)8-17-13(18-12)16-6-7-20-10-4-2-9(15)3-5-10/h8-10H,2-7,15H2,1H3,(H,16,17,18). The van der Waals surface area contributed by atoms with Crippen LogP contribution in [-0.4, -0.2) is 42.4 Å². The Morgan fingerprint density at radius 3 is 2.85 bits per heavy atom. The molecule has 0 atom stereocenters. The van der Waals surface area contributed by atoms with Crippen LogP contribution in [0.1, 0.15) is 25.7 Å². The zero-order valence-electron chi connectivity index (χ0n) is 11.6. The van der Waals surface area contributed by atoms with Crippen LogP contribution in [0.4, 0.5) is 5.95 Å². The van der Waals surface area contributed by atoms with E-state index in [-0.39, 0.29) is 0 Å². The molecule has 1 saturated carbocycles. The molecule has 6 nitrogen and oxygen atoms in total. The molecule has 0 saturated heterocycles. The van der Waals surface area contributed by atoms with Gasteiger partial charge < -0.3 is 20.5 Å². The van der Waals surface area contributed by atoms with E-state index >= 15 is 0 Å². The SMILES string of the molecule is COc1nc(NCCOC2CCC(N)CC2)ncc1Br. The van der Waals surface area contributed by atoms with Gasteiger partial charge in [0, 0.05) is 12.6 Å². The van der Waals surface area contributed by atoms with E-state index < -0.39 is 0 Å². The van der Waals surface area contributed by atoms with Crippen molar-refractivity contribution in [2.75, 3.05) is 25.6 Å². The number of hydrogen-bond donors (Lipinski definition) is 2. The average molecular weight is 345 g/mol. The average Bonchev–Trinajstić information content (AvgIpc) is 2.47. The van der Waals surface area contributed by atoms with E-state index in [9.17, 15) is 0 Å². The molecule has 1 aliphatic carbocycles. The zero-order chi connectivity index (χ0) is 14.4. The third-order valence-electron chi connectivity index (χ3n) is 3.36. The molecule has 1 heterocycles. The van der Waals surface area contributed by atoms with E-state index in [0.29, 0.717) is 37.1 Å². The van der Waals surface area contributed by atoms with Gasteiger partial charge in [0.25, 0.3) is 0 Å². The maximum absolute atomic E-state index is 5.87. The van der Waals surface area contributed by atoms with Crippen LogP contribution in [0.3, 0.4) is 0 Å². The largest absolute Gasteiger partial charge is 0.480 e. The Morgan fingerprint density at radius 2 is 2.15 bits per heavy atom. The van der Waals surface area contributed by atoms with Crippen molar-refractivity contribution in [2.24, 2.45) is 5.73 Å². The summed E-state index contributed by atoms with van der Waals surface area (Å²) in [5.41, 5.74) is 5.87. The number of rotatable bonds is 6. The van der Waals surface area contributed by atoms with E-state index in [1.807, 2.05) is 0 Å². The maximum atomic E-state index is 5.87. The highest BCUT2D eigenvalue weighted by molar-refractivity contribution is 9.10. The van der Waals surface area contributed by atoms with Crippen molar-refractivity contribution in [3.63, 3.8) is 0 Å². The first-order valence-corrected chi connectivity index (χ1v) is 7.66. The molecule has 1 aromatic rings. The number of hydrogen-bond acceptors (Lipinski definition) is 6. The summed E-state index contributed by atoms with van der Waals surface area (Å²) >= 11 is 3.32. The molecule has 20 heavy (non-hydrogen) atoms. The molecular formula is C13H21BrN4O2. The molecule has 0 aliphatic heterocycles. The first-order chi connectivity index (χ1) is 9.69. The van der Waals surface area contributed by atoms with Gasteiger partial charge in [-0.15, -0.1) is 0 Å². The van der Waals surface area contributed by atoms with Crippen LogP contribution >= 0.6 is 15.9 Å². The second kappa shape index (κ2) is 7.75. The van der Waals surface area contributed by atoms with Gasteiger partial charge >= 0.3 is 0 Å². The maximum Gasteiger partial charge on any atom is 0.232 e. The molecule has 3 N–H and O–H groups in total. The van der Waals surface area contributed by atoms with Gasteiger partial charge in [-0.2, -0.15) is 4.98 Å². The molecule has 0 amide bonds. The molecule has 1 aliphatic rings. The molecule has 2 rings (SSSR count). The first-order valence-electron chi connectivity index (χ1n) is 6.86. The Balaban J connectivity index is 1.68. The summed E-state index contributed by atoms with van der Waals surface area (Å²) in [5, 5.41) is 3.12. The number of ether oxygens (including phenoxy) is 2. The van der Waals surface area contributed by atoms with Crippen LogP contribution in [-0.2, 0) is 4.74 Å². The zero-order valence-corrected chi connectivity index (χ0v) is 13.2. The summed E-state index contributed by atoms with van der Waals surface area (Å²) in [7, 11) is 1.58. The van der Waals surface area contributed by atoms with Gasteiger partial charge in [0.15, 0.2) is 0 Å². The van der Waals surface area contributed by atoms with Gasteiger partial charge in [0.05, 0.1) is 30.5 Å². The van der Waals surface area contributed by atoms with E-state index in [1.165, 1.54) is 0 Å². The van der Waals surface area contributed by atoms with E-state index in [4.69, 9.17) is 15.2 Å². The summed E-state index contributed by atoms with van der Waals surface area (Å²) in [5.74, 6) is 1.06. The molecule has 1 aromatic heterocycles. The van der Waals surface area contributed by atoms with Crippen LogP contribution in [0.15, 0.2) is 10.7 Å². The van der Waals surface area contributed by atoms with E-state index in [0.717, 1.165) is 30.2 Å². The molecular weight excluding hydrogens is 324 g/mol. The summed E-state index contributed by atoms with van der Waals surface area (Å²) in [4.78, 5) is 8.38. The Kier molecular flexibility index (Phi) is 6.00. The lowest BCUT2D eigenvalue weighted by Crippen LogP contribution is -2.31. The number of nitrogens with two attached hydrogens (primary N) is 1. The van der Waals surface area contributed by atoms with E-state index in [2.05, 4.69) is 31.2 Å². The molecule has 1 fully saturated rings. The van der Waals surface area contributed by atoms with Gasteiger partial charge in [0.2, 0.25) is 11.8 Å². The lowest BCUT2D eigenvalue weighted by molar-refractivity contribution is 0.0312. The third-order valence-corrected chi connectivity index (χ3v) is 3.91. The molecule has 0 radical (unpaired) electrons. The Hall–Kier alpha value is -0.920. The Labute approximate surface area is 127 Å². The monoisotopic (exact) mass is 344 g/mol. The lowest BCUT2D eigenvalue weighted by Gasteiger charge is -2.26. The minimum atomic E-state index is 0.344. The summed E-state index contributed by atoms with van der Waals surface area (Å²) in [6, 6.07) is 0.358. The second-order valence-electron chi connectivity index (χ2n) is 4.89. The Morgan fingerprint density at radius 1 is 1.40 bits per heavy atom. The molecule has 112 valence electrons. The van der Waals surface area contributed by atoms with Gasteiger partial charge in [-0.25, -0.2) is 4.98 Å². The van der Waals surface area contributed by atoms with Gasteiger partial charge in [0.1, 0.15) is 0 Å². The van der Waals surface area contributed by atoms with E-state index in [1.54, 1.807) is 13.3 Å². The van der Waals surface area contributed by atoms with Gasteiger partial charge in [-0.1, -0.05) is 0 Å². The molecule has 0 spiro atoms. The minimum Gasteiger partial charge on any atom is -0.480 e. The first kappa shape index (κ1) is 15.5. The van der Waals surface area contributed by atoms with Crippen LogP contribution < -0.4 is 15.8 Å². The molecule has 0 aromatic carbocycles. The Bertz CT molecular complexity index is 425. The predicted molar refractivity (Wildman–Crippen MR) is 81.0 cm³/mol. The fraction of sp³-hybridized carbons (Fsp3) is 0.692. The van der Waals surface area contributed by atoms with Crippen LogP contribution in [0.5, 0.6) is 5.88 Å². The van der Waals surface area contributed by atoms with Crippen LogP contribution in [0, 0.1) is 0 Å². The number of methoxy groups -OCH3 is 1. The summed E-state index contributed by atoms with van der Waals surface area (Å²) in [6.07, 6.45) is 6.25. The minimum absolute atomic E-state index is 0.344. The van der Waals surface area contributed by atoms with Crippen molar-refractivity contribution in [3.8, 4) is 5.88 Å². The predicted octanol–water partition coefficient (Wildman–Crippen LogP) is 1.95. The molecule has 0 unspecified atom stereocenters. The number of aromatic nitrogens is 2. The van der Waals surface area contributed by atoms with Crippen LogP contribution in [0.25, 0.3) is 0 Å². The fourth-order valence-corrected chi connectivity index (χ4v) is 2.58. The van der Waals surface area contributed by atoms with Crippen molar-refractivity contribution in [1.29, 1.82) is 0 Å². The third kappa shape index (κ3) is 4.57. The van der Waals surface area contributed by atoms with Gasteiger partial charge in [-0.05, 0) is 41.6 Å². The smallest absolute Gasteiger partial charge is 0.232 e. The summed E-state index contributed by atoms with van der Waals surface area (Å²) in [6.45, 7) is 1.31. The van der Waals surface area contributed by atoms with Crippen molar-refractivity contribution in [3.05, 3.63) is 10.7 Å². The highest BCUT2D eigenvalue weighted by Crippen LogP contribution is 2.22. The van der Waals surface area contributed by atoms with Crippen molar-refractivity contribution in [2.45, 2.75) is 37.8 Å². The number of anilines is 1. The lowest BCUT2D eigenvalue weighted by atomic mass is 9.94. The number of nitrogens with zero attached hydrogens (tertiary/aromatic N) is 2. The molecule has 7 heteroatoms. The van der Waals surface area contributed by atoms with Crippen molar-refractivity contribution in [1.82, 2.24) is 9.97 Å². The summed E-state index contributed by atoms with van der Waals surface area (Å²) < 4.78 is 11.7. The normalized spacial score (nSPS) is 22.6. The second-order valence-corrected chi connectivity index (χ2v) is 5.74. The highest BCUT2D eigenvalue weighted by Gasteiger charge is 2.18. The highest BCUT2D eigenvalue weighted by atomic mass is 79.9. The topological polar surface area (TPSA) is 82.3 Å². The van der Waals surface area contributed by atoms with Crippen LogP contribution in [0.2, 0.25) is 0 Å².